The van der Waals surface area contributed by atoms with Crippen LogP contribution in [-0.2, 0) is 4.74 Å². The molecule has 0 saturated carbocycles. The highest BCUT2D eigenvalue weighted by Gasteiger charge is 2.22. The third kappa shape index (κ3) is 3.40. The number of ether oxygens (including phenoxy) is 1. The van der Waals surface area contributed by atoms with Gasteiger partial charge in [0, 0.05) is 12.0 Å². The number of nitrogens with two attached hydrogens (primary N) is 1. The summed E-state index contributed by atoms with van der Waals surface area (Å²) in [4.78, 5) is 0. The summed E-state index contributed by atoms with van der Waals surface area (Å²) in [6.07, 6.45) is 6.14. The molecule has 0 aromatic carbocycles. The first-order chi connectivity index (χ1) is 6.63. The van der Waals surface area contributed by atoms with Gasteiger partial charge in [0.2, 0.25) is 0 Å². The van der Waals surface area contributed by atoms with Gasteiger partial charge in [-0.25, -0.2) is 0 Å². The Bertz CT molecular complexity index is 194. The molecule has 3 heteroatoms. The van der Waals surface area contributed by atoms with Crippen molar-refractivity contribution in [2.75, 3.05) is 0 Å². The Morgan fingerprint density at radius 1 is 1.50 bits per heavy atom. The summed E-state index contributed by atoms with van der Waals surface area (Å²) >= 11 is 0. The van der Waals surface area contributed by atoms with Gasteiger partial charge in [0.05, 0.1) is 6.10 Å². The van der Waals surface area contributed by atoms with Gasteiger partial charge in [0.15, 0.2) is 6.29 Å². The van der Waals surface area contributed by atoms with Gasteiger partial charge in [0.25, 0.3) is 0 Å². The molecule has 1 aliphatic rings. The minimum atomic E-state index is -0.673. The van der Waals surface area contributed by atoms with E-state index in [4.69, 9.17) is 10.5 Å². The first-order valence-electron chi connectivity index (χ1n) is 5.41. The zero-order valence-corrected chi connectivity index (χ0v) is 9.02. The quantitative estimate of drug-likeness (QED) is 0.531. The first kappa shape index (κ1) is 11.7. The van der Waals surface area contributed by atoms with Crippen LogP contribution in [0.2, 0.25) is 0 Å². The van der Waals surface area contributed by atoms with Crippen molar-refractivity contribution >= 4 is 0 Å². The van der Waals surface area contributed by atoms with Crippen LogP contribution in [0.5, 0.6) is 0 Å². The molecule has 0 radical (unpaired) electrons. The molecule has 0 spiro atoms. The summed E-state index contributed by atoms with van der Waals surface area (Å²) < 4.78 is 5.44. The van der Waals surface area contributed by atoms with Crippen LogP contribution in [0.15, 0.2) is 12.2 Å². The van der Waals surface area contributed by atoms with E-state index in [0.717, 1.165) is 19.3 Å². The fourth-order valence-corrected chi connectivity index (χ4v) is 1.54. The van der Waals surface area contributed by atoms with Gasteiger partial charge in [-0.3, -0.25) is 0 Å². The lowest BCUT2D eigenvalue weighted by Crippen LogP contribution is -2.31. The van der Waals surface area contributed by atoms with Crippen LogP contribution in [0.1, 0.15) is 33.1 Å². The lowest BCUT2D eigenvalue weighted by atomic mass is 9.93. The molecule has 4 atom stereocenters. The molecular weight excluding hydrogens is 178 g/mol. The van der Waals surface area contributed by atoms with E-state index in [2.05, 4.69) is 0 Å². The van der Waals surface area contributed by atoms with E-state index in [0.29, 0.717) is 0 Å². The Labute approximate surface area is 85.9 Å². The summed E-state index contributed by atoms with van der Waals surface area (Å²) in [6, 6.07) is 0.155. The molecule has 1 unspecified atom stereocenters. The van der Waals surface area contributed by atoms with Crippen LogP contribution in [0.25, 0.3) is 0 Å². The molecule has 0 aliphatic heterocycles. The molecule has 0 heterocycles. The normalized spacial score (nSPS) is 31.4. The molecule has 0 aromatic heterocycles. The second kappa shape index (κ2) is 5.49. The van der Waals surface area contributed by atoms with Crippen molar-refractivity contribution in [3.63, 3.8) is 0 Å². The van der Waals surface area contributed by atoms with Gasteiger partial charge in [-0.1, -0.05) is 19.1 Å². The van der Waals surface area contributed by atoms with Crippen LogP contribution in [0.3, 0.4) is 0 Å². The second-order valence-electron chi connectivity index (χ2n) is 4.04. The molecule has 82 valence electrons. The van der Waals surface area contributed by atoms with E-state index < -0.39 is 6.29 Å². The van der Waals surface area contributed by atoms with Gasteiger partial charge in [-0.15, -0.1) is 0 Å². The predicted molar refractivity (Wildman–Crippen MR) is 56.7 cm³/mol. The van der Waals surface area contributed by atoms with Crippen LogP contribution in [0.4, 0.5) is 0 Å². The lowest BCUT2D eigenvalue weighted by Gasteiger charge is -2.26. The molecule has 1 aliphatic carbocycles. The maximum absolute atomic E-state index is 9.75. The average molecular weight is 199 g/mol. The van der Waals surface area contributed by atoms with Crippen LogP contribution in [-0.4, -0.2) is 23.5 Å². The molecule has 0 amide bonds. The molecule has 3 N–H and O–H groups in total. The van der Waals surface area contributed by atoms with Gasteiger partial charge < -0.3 is 15.6 Å². The highest BCUT2D eigenvalue weighted by atomic mass is 16.6. The minimum Gasteiger partial charge on any atom is -0.367 e. The predicted octanol–water partition coefficient (Wildman–Crippen LogP) is 1.41. The van der Waals surface area contributed by atoms with Crippen molar-refractivity contribution in [1.29, 1.82) is 0 Å². The van der Waals surface area contributed by atoms with Gasteiger partial charge in [-0.05, 0) is 26.2 Å². The monoisotopic (exact) mass is 199 g/mol. The standard InChI is InChI=1S/C11H21NO2/c1-3-8(2)14-11(13)9-4-6-10(12)7-5-9/h4,6,8-11,13H,3,5,7,12H2,1-2H3/t8?,9-,10+,11+/m1/s1. The van der Waals surface area contributed by atoms with Gasteiger partial charge in [-0.2, -0.15) is 0 Å². The van der Waals surface area contributed by atoms with Crippen molar-refractivity contribution in [3.05, 3.63) is 12.2 Å². The number of hydrogen-bond donors (Lipinski definition) is 2. The zero-order chi connectivity index (χ0) is 10.6. The molecular formula is C11H21NO2. The van der Waals surface area contributed by atoms with Crippen molar-refractivity contribution in [3.8, 4) is 0 Å². The fourth-order valence-electron chi connectivity index (χ4n) is 1.54. The Morgan fingerprint density at radius 3 is 2.71 bits per heavy atom. The van der Waals surface area contributed by atoms with E-state index in [1.54, 1.807) is 0 Å². The van der Waals surface area contributed by atoms with Crippen LogP contribution < -0.4 is 5.73 Å². The molecule has 0 saturated heterocycles. The van der Waals surface area contributed by atoms with E-state index in [1.165, 1.54) is 0 Å². The Morgan fingerprint density at radius 2 is 2.21 bits per heavy atom. The number of rotatable bonds is 4. The maximum atomic E-state index is 9.75. The Kier molecular flexibility index (Phi) is 4.58. The maximum Gasteiger partial charge on any atom is 0.161 e. The average Bonchev–Trinajstić information content (AvgIpc) is 2.18. The Hall–Kier alpha value is -0.380. The van der Waals surface area contributed by atoms with E-state index >= 15 is 0 Å². The van der Waals surface area contributed by atoms with E-state index in [9.17, 15) is 5.11 Å². The first-order valence-corrected chi connectivity index (χ1v) is 5.41. The summed E-state index contributed by atoms with van der Waals surface area (Å²) in [5, 5.41) is 9.75. The van der Waals surface area contributed by atoms with Crippen molar-refractivity contribution in [1.82, 2.24) is 0 Å². The summed E-state index contributed by atoms with van der Waals surface area (Å²) in [5.41, 5.74) is 5.72. The van der Waals surface area contributed by atoms with Gasteiger partial charge in [0.1, 0.15) is 0 Å². The largest absolute Gasteiger partial charge is 0.367 e. The van der Waals surface area contributed by atoms with Crippen LogP contribution >= 0.6 is 0 Å². The smallest absolute Gasteiger partial charge is 0.161 e. The molecule has 0 aromatic rings. The molecule has 0 bridgehead atoms. The van der Waals surface area contributed by atoms with Crippen molar-refractivity contribution in [2.45, 2.75) is 51.5 Å². The topological polar surface area (TPSA) is 55.5 Å². The summed E-state index contributed by atoms with van der Waals surface area (Å²) in [5.74, 6) is 0.115. The Balaban J connectivity index is 2.37. The molecule has 3 nitrogen and oxygen atoms in total. The number of aliphatic hydroxyl groups excluding tert-OH is 1. The van der Waals surface area contributed by atoms with E-state index in [1.807, 2.05) is 26.0 Å². The SMILES string of the molecule is CCC(C)O[C@H](O)[C@@H]1C=C[C@H](N)CC1. The highest BCUT2D eigenvalue weighted by molar-refractivity contribution is 5.01. The molecule has 14 heavy (non-hydrogen) atoms. The molecule has 0 fully saturated rings. The summed E-state index contributed by atoms with van der Waals surface area (Å²) in [6.45, 7) is 4.02. The van der Waals surface area contributed by atoms with Crippen molar-refractivity contribution < 1.29 is 9.84 Å². The number of aliphatic hydroxyl groups is 1. The molecule has 1 rings (SSSR count). The lowest BCUT2D eigenvalue weighted by molar-refractivity contribution is -0.154. The second-order valence-corrected chi connectivity index (χ2v) is 4.04. The third-order valence-corrected chi connectivity index (χ3v) is 2.75. The van der Waals surface area contributed by atoms with E-state index in [-0.39, 0.29) is 18.1 Å². The zero-order valence-electron chi connectivity index (χ0n) is 9.02. The summed E-state index contributed by atoms with van der Waals surface area (Å²) in [7, 11) is 0. The third-order valence-electron chi connectivity index (χ3n) is 2.75. The van der Waals surface area contributed by atoms with Crippen molar-refractivity contribution in [2.24, 2.45) is 11.7 Å². The number of hydrogen-bond acceptors (Lipinski definition) is 3. The fraction of sp³-hybridized carbons (Fsp3) is 0.818. The van der Waals surface area contributed by atoms with Gasteiger partial charge >= 0.3 is 0 Å². The minimum absolute atomic E-state index is 0.115. The van der Waals surface area contributed by atoms with Crippen LogP contribution in [0, 0.1) is 5.92 Å². The highest BCUT2D eigenvalue weighted by Crippen LogP contribution is 2.21.